The fraction of sp³-hybridized carbons (Fsp3) is 0.381. The summed E-state index contributed by atoms with van der Waals surface area (Å²) in [5, 5.41) is 4.71. The molecule has 2 heterocycles. The van der Waals surface area contributed by atoms with Crippen molar-refractivity contribution in [3.05, 3.63) is 48.0 Å². The topological polar surface area (TPSA) is 69.7 Å². The fourth-order valence-corrected chi connectivity index (χ4v) is 4.03. The third kappa shape index (κ3) is 3.52. The molecule has 0 radical (unpaired) electrons. The summed E-state index contributed by atoms with van der Waals surface area (Å²) < 4.78 is 0. The maximum Gasteiger partial charge on any atom is 0.254 e. The molecule has 3 amide bonds. The highest BCUT2D eigenvalue weighted by Crippen LogP contribution is 2.24. The van der Waals surface area contributed by atoms with Crippen LogP contribution >= 0.6 is 0 Å². The first-order valence-corrected chi connectivity index (χ1v) is 9.46. The Kier molecular flexibility index (Phi) is 4.79. The van der Waals surface area contributed by atoms with Crippen molar-refractivity contribution in [3.63, 3.8) is 0 Å². The minimum atomic E-state index is -0.233. The van der Waals surface area contributed by atoms with Crippen LogP contribution in [0.15, 0.2) is 42.5 Å². The van der Waals surface area contributed by atoms with Crippen molar-refractivity contribution in [2.45, 2.75) is 12.8 Å². The smallest absolute Gasteiger partial charge is 0.254 e. The summed E-state index contributed by atoms with van der Waals surface area (Å²) in [6.07, 6.45) is 1.56. The van der Waals surface area contributed by atoms with Crippen molar-refractivity contribution < 1.29 is 14.4 Å². The van der Waals surface area contributed by atoms with E-state index in [0.29, 0.717) is 31.7 Å². The number of piperazine rings is 1. The molecule has 2 saturated heterocycles. The van der Waals surface area contributed by atoms with Gasteiger partial charge in [0.25, 0.3) is 5.91 Å². The van der Waals surface area contributed by atoms with Crippen LogP contribution < -0.4 is 5.32 Å². The van der Waals surface area contributed by atoms with Gasteiger partial charge in [-0.1, -0.05) is 36.4 Å². The minimum Gasteiger partial charge on any atom is -0.353 e. The lowest BCUT2D eigenvalue weighted by Crippen LogP contribution is -2.54. The van der Waals surface area contributed by atoms with Gasteiger partial charge in [0.05, 0.1) is 12.5 Å². The Balaban J connectivity index is 1.51. The summed E-state index contributed by atoms with van der Waals surface area (Å²) in [4.78, 5) is 41.0. The molecule has 2 aliphatic heterocycles. The second-order valence-corrected chi connectivity index (χ2v) is 7.23. The van der Waals surface area contributed by atoms with Gasteiger partial charge in [-0.25, -0.2) is 0 Å². The Labute approximate surface area is 158 Å². The predicted molar refractivity (Wildman–Crippen MR) is 102 cm³/mol. The van der Waals surface area contributed by atoms with Gasteiger partial charge in [0.15, 0.2) is 0 Å². The molecule has 27 heavy (non-hydrogen) atoms. The van der Waals surface area contributed by atoms with Crippen molar-refractivity contribution in [1.82, 2.24) is 15.1 Å². The SMILES string of the molecule is O=C1CN(C(=O)[C@H]2CCCN(C(=O)c3cccc4ccccc34)C2)CCN1. The van der Waals surface area contributed by atoms with Gasteiger partial charge in [-0.2, -0.15) is 0 Å². The number of rotatable bonds is 2. The van der Waals surface area contributed by atoms with Gasteiger partial charge in [-0.15, -0.1) is 0 Å². The molecule has 0 unspecified atom stereocenters. The zero-order chi connectivity index (χ0) is 18.8. The number of hydrogen-bond acceptors (Lipinski definition) is 3. The summed E-state index contributed by atoms with van der Waals surface area (Å²) in [6, 6.07) is 13.6. The van der Waals surface area contributed by atoms with Gasteiger partial charge in [0.2, 0.25) is 11.8 Å². The average Bonchev–Trinajstić information content (AvgIpc) is 2.72. The molecule has 2 aromatic rings. The monoisotopic (exact) mass is 365 g/mol. The van der Waals surface area contributed by atoms with E-state index in [4.69, 9.17) is 0 Å². The first kappa shape index (κ1) is 17.5. The van der Waals surface area contributed by atoms with Gasteiger partial charge in [-0.3, -0.25) is 14.4 Å². The molecule has 1 N–H and O–H groups in total. The molecule has 140 valence electrons. The van der Waals surface area contributed by atoms with E-state index in [0.717, 1.165) is 23.6 Å². The van der Waals surface area contributed by atoms with Gasteiger partial charge >= 0.3 is 0 Å². The Morgan fingerprint density at radius 1 is 1.00 bits per heavy atom. The third-order valence-electron chi connectivity index (χ3n) is 5.43. The summed E-state index contributed by atoms with van der Waals surface area (Å²) in [7, 11) is 0. The number of carbonyl (C=O) groups excluding carboxylic acids is 3. The number of amides is 3. The van der Waals surface area contributed by atoms with Gasteiger partial charge in [-0.05, 0) is 29.7 Å². The Morgan fingerprint density at radius 2 is 1.81 bits per heavy atom. The summed E-state index contributed by atoms with van der Waals surface area (Å²) in [5.41, 5.74) is 0.679. The van der Waals surface area contributed by atoms with Crippen molar-refractivity contribution in [1.29, 1.82) is 0 Å². The van der Waals surface area contributed by atoms with Crippen molar-refractivity contribution >= 4 is 28.5 Å². The molecule has 0 spiro atoms. The molecule has 6 nitrogen and oxygen atoms in total. The highest BCUT2D eigenvalue weighted by Gasteiger charge is 2.33. The van der Waals surface area contributed by atoms with Crippen molar-refractivity contribution in [2.24, 2.45) is 5.92 Å². The lowest BCUT2D eigenvalue weighted by molar-refractivity contribution is -0.142. The number of nitrogens with one attached hydrogen (secondary N) is 1. The van der Waals surface area contributed by atoms with Crippen molar-refractivity contribution in [3.8, 4) is 0 Å². The quantitative estimate of drug-likeness (QED) is 0.880. The van der Waals surface area contributed by atoms with E-state index < -0.39 is 0 Å². The van der Waals surface area contributed by atoms with Crippen LogP contribution in [0.1, 0.15) is 23.2 Å². The van der Waals surface area contributed by atoms with Crippen LogP contribution in [0.2, 0.25) is 0 Å². The molecular formula is C21H23N3O3. The second-order valence-electron chi connectivity index (χ2n) is 7.23. The maximum absolute atomic E-state index is 13.1. The maximum atomic E-state index is 13.1. The number of likely N-dealkylation sites (tertiary alicyclic amines) is 1. The number of piperidine rings is 1. The Morgan fingerprint density at radius 3 is 2.67 bits per heavy atom. The molecule has 4 rings (SSSR count). The summed E-state index contributed by atoms with van der Waals surface area (Å²) in [5.74, 6) is -0.390. The zero-order valence-electron chi connectivity index (χ0n) is 15.2. The molecule has 2 fully saturated rings. The molecule has 0 saturated carbocycles. The summed E-state index contributed by atoms with van der Waals surface area (Å²) in [6.45, 7) is 2.23. The number of fused-ring (bicyclic) bond motifs is 1. The second kappa shape index (κ2) is 7.39. The van der Waals surface area contributed by atoms with Crippen LogP contribution in [0.25, 0.3) is 10.8 Å². The van der Waals surface area contributed by atoms with E-state index >= 15 is 0 Å². The van der Waals surface area contributed by atoms with E-state index in [2.05, 4.69) is 5.32 Å². The first-order valence-electron chi connectivity index (χ1n) is 9.46. The lowest BCUT2D eigenvalue weighted by Gasteiger charge is -2.36. The average molecular weight is 365 g/mol. The van der Waals surface area contributed by atoms with Crippen LogP contribution in [0, 0.1) is 5.92 Å². The van der Waals surface area contributed by atoms with E-state index in [1.165, 1.54) is 0 Å². The Hall–Kier alpha value is -2.89. The molecule has 0 aromatic heterocycles. The number of nitrogens with zero attached hydrogens (tertiary/aromatic N) is 2. The minimum absolute atomic E-state index is 0.0136. The molecule has 0 bridgehead atoms. The van der Waals surface area contributed by atoms with Crippen LogP contribution in [-0.4, -0.2) is 60.2 Å². The number of carbonyl (C=O) groups is 3. The standard InChI is InChI=1S/C21H23N3O3/c25-19-14-24(12-10-22-19)20(26)16-7-4-11-23(13-16)21(27)18-9-3-6-15-5-1-2-8-17(15)18/h1-3,5-6,8-9,16H,4,7,10-14H2,(H,22,25)/t16-/m0/s1. The van der Waals surface area contributed by atoms with Crippen LogP contribution in [0.5, 0.6) is 0 Å². The molecule has 6 heteroatoms. The van der Waals surface area contributed by atoms with Gasteiger partial charge in [0, 0.05) is 31.7 Å². The van der Waals surface area contributed by atoms with E-state index in [1.54, 1.807) is 9.80 Å². The molecule has 0 aliphatic carbocycles. The van der Waals surface area contributed by atoms with Crippen LogP contribution in [-0.2, 0) is 9.59 Å². The van der Waals surface area contributed by atoms with E-state index in [1.807, 2.05) is 42.5 Å². The fourth-order valence-electron chi connectivity index (χ4n) is 4.03. The highest BCUT2D eigenvalue weighted by atomic mass is 16.2. The van der Waals surface area contributed by atoms with Gasteiger partial charge < -0.3 is 15.1 Å². The third-order valence-corrected chi connectivity index (χ3v) is 5.43. The van der Waals surface area contributed by atoms with E-state index in [-0.39, 0.29) is 30.2 Å². The lowest BCUT2D eigenvalue weighted by atomic mass is 9.95. The zero-order valence-corrected chi connectivity index (χ0v) is 15.2. The van der Waals surface area contributed by atoms with Crippen LogP contribution in [0.4, 0.5) is 0 Å². The molecule has 1 atom stereocenters. The normalized spacial score (nSPS) is 20.4. The number of hydrogen-bond donors (Lipinski definition) is 1. The predicted octanol–water partition coefficient (Wildman–Crippen LogP) is 1.65. The van der Waals surface area contributed by atoms with Gasteiger partial charge in [0.1, 0.15) is 0 Å². The highest BCUT2D eigenvalue weighted by molar-refractivity contribution is 6.07. The molecule has 2 aromatic carbocycles. The number of benzene rings is 2. The molecule has 2 aliphatic rings. The largest absolute Gasteiger partial charge is 0.353 e. The summed E-state index contributed by atoms with van der Waals surface area (Å²) >= 11 is 0. The molecular weight excluding hydrogens is 342 g/mol. The Bertz CT molecular complexity index is 890. The van der Waals surface area contributed by atoms with Crippen molar-refractivity contribution in [2.75, 3.05) is 32.7 Å². The van der Waals surface area contributed by atoms with Crippen LogP contribution in [0.3, 0.4) is 0 Å². The van der Waals surface area contributed by atoms with E-state index in [9.17, 15) is 14.4 Å². The first-order chi connectivity index (χ1) is 13.1.